The third-order valence-electron chi connectivity index (χ3n) is 5.00. The molecule has 1 aromatic heterocycles. The van der Waals surface area contributed by atoms with Gasteiger partial charge in [-0.25, -0.2) is 4.79 Å². The third kappa shape index (κ3) is 3.76. The van der Waals surface area contributed by atoms with Crippen molar-refractivity contribution in [3.63, 3.8) is 0 Å². The van der Waals surface area contributed by atoms with Crippen LogP contribution < -0.4 is 25.2 Å². The van der Waals surface area contributed by atoms with Crippen molar-refractivity contribution >= 4 is 22.6 Å². The molecule has 0 radical (unpaired) electrons. The number of aryl methyl sites for hydroxylation is 1. The molecule has 0 atom stereocenters. The van der Waals surface area contributed by atoms with Crippen LogP contribution >= 0.6 is 0 Å². The van der Waals surface area contributed by atoms with Gasteiger partial charge >= 0.3 is 5.63 Å². The fourth-order valence-electron chi connectivity index (χ4n) is 3.60. The van der Waals surface area contributed by atoms with Crippen molar-refractivity contribution in [2.24, 2.45) is 0 Å². The second-order valence-electron chi connectivity index (χ2n) is 6.76. The molecular weight excluding hydrogens is 374 g/mol. The molecule has 1 aliphatic carbocycles. The second-order valence-corrected chi connectivity index (χ2v) is 6.76. The lowest BCUT2D eigenvalue weighted by atomic mass is 10.1. The summed E-state index contributed by atoms with van der Waals surface area (Å²) in [6, 6.07) is 10.4. The Morgan fingerprint density at radius 1 is 1.03 bits per heavy atom. The van der Waals surface area contributed by atoms with Gasteiger partial charge in [0.25, 0.3) is 5.91 Å². The minimum Gasteiger partial charge on any atom is -0.497 e. The molecule has 4 rings (SSSR count). The number of ether oxygens (including phenoxy) is 3. The first kappa shape index (κ1) is 18.9. The van der Waals surface area contributed by atoms with Gasteiger partial charge in [-0.05, 0) is 49.1 Å². The van der Waals surface area contributed by atoms with E-state index in [4.69, 9.17) is 18.6 Å². The van der Waals surface area contributed by atoms with Crippen LogP contribution in [0.4, 0.5) is 5.69 Å². The first-order chi connectivity index (χ1) is 14.1. The first-order valence-electron chi connectivity index (χ1n) is 9.32. The van der Waals surface area contributed by atoms with Gasteiger partial charge in [-0.3, -0.25) is 4.79 Å². The number of nitrogens with one attached hydrogen (secondary N) is 1. The van der Waals surface area contributed by atoms with Crippen LogP contribution in [0.2, 0.25) is 0 Å². The maximum atomic E-state index is 12.3. The molecule has 0 saturated carbocycles. The summed E-state index contributed by atoms with van der Waals surface area (Å²) in [5, 5.41) is 3.67. The van der Waals surface area contributed by atoms with Gasteiger partial charge in [-0.1, -0.05) is 0 Å². The third-order valence-corrected chi connectivity index (χ3v) is 5.00. The summed E-state index contributed by atoms with van der Waals surface area (Å²) in [7, 11) is 3.07. The molecule has 29 heavy (non-hydrogen) atoms. The zero-order valence-electron chi connectivity index (χ0n) is 16.2. The van der Waals surface area contributed by atoms with Crippen LogP contribution in [0.25, 0.3) is 11.0 Å². The van der Waals surface area contributed by atoms with Crippen molar-refractivity contribution < 1.29 is 23.4 Å². The zero-order chi connectivity index (χ0) is 20.4. The van der Waals surface area contributed by atoms with Gasteiger partial charge < -0.3 is 23.9 Å². The average molecular weight is 395 g/mol. The molecule has 7 heteroatoms. The van der Waals surface area contributed by atoms with Crippen LogP contribution in [0.15, 0.2) is 45.6 Å². The molecular formula is C22H21NO6. The van der Waals surface area contributed by atoms with Crippen molar-refractivity contribution in [2.75, 3.05) is 26.1 Å². The van der Waals surface area contributed by atoms with Gasteiger partial charge in [0.1, 0.15) is 22.8 Å². The highest BCUT2D eigenvalue weighted by Crippen LogP contribution is 2.30. The lowest BCUT2D eigenvalue weighted by molar-refractivity contribution is -0.118. The second kappa shape index (κ2) is 7.87. The number of hydrogen-bond acceptors (Lipinski definition) is 6. The van der Waals surface area contributed by atoms with Gasteiger partial charge in [0.05, 0.1) is 19.9 Å². The molecule has 1 N–H and O–H groups in total. The van der Waals surface area contributed by atoms with Gasteiger partial charge in [0.2, 0.25) is 0 Å². The summed E-state index contributed by atoms with van der Waals surface area (Å²) in [6.45, 7) is -0.207. The molecule has 0 spiro atoms. The van der Waals surface area contributed by atoms with Crippen LogP contribution in [0.3, 0.4) is 0 Å². The molecule has 3 aromatic rings. The van der Waals surface area contributed by atoms with E-state index in [0.29, 0.717) is 28.5 Å². The van der Waals surface area contributed by atoms with E-state index in [1.165, 1.54) is 7.11 Å². The number of carbonyl (C=O) groups is 1. The summed E-state index contributed by atoms with van der Waals surface area (Å²) < 4.78 is 21.5. The molecule has 0 bridgehead atoms. The van der Waals surface area contributed by atoms with Crippen molar-refractivity contribution in [1.29, 1.82) is 0 Å². The smallest absolute Gasteiger partial charge is 0.339 e. The molecule has 1 aliphatic rings. The molecule has 1 heterocycles. The van der Waals surface area contributed by atoms with E-state index in [2.05, 4.69) is 5.32 Å². The highest BCUT2D eigenvalue weighted by Gasteiger charge is 2.19. The molecule has 0 aliphatic heterocycles. The predicted molar refractivity (Wildman–Crippen MR) is 108 cm³/mol. The molecule has 0 fully saturated rings. The Labute approximate surface area is 167 Å². The lowest BCUT2D eigenvalue weighted by Crippen LogP contribution is -2.20. The summed E-state index contributed by atoms with van der Waals surface area (Å²) in [5.41, 5.74) is 2.51. The van der Waals surface area contributed by atoms with Crippen LogP contribution in [0.5, 0.6) is 17.2 Å². The first-order valence-corrected chi connectivity index (χ1v) is 9.32. The summed E-state index contributed by atoms with van der Waals surface area (Å²) in [4.78, 5) is 24.4. The van der Waals surface area contributed by atoms with Gasteiger partial charge in [-0.2, -0.15) is 0 Å². The fraction of sp³-hybridized carbons (Fsp3) is 0.273. The van der Waals surface area contributed by atoms with Crippen LogP contribution in [0, 0.1) is 0 Å². The number of fused-ring (bicyclic) bond motifs is 3. The number of anilines is 1. The number of amides is 1. The van der Waals surface area contributed by atoms with E-state index in [1.807, 2.05) is 6.07 Å². The summed E-state index contributed by atoms with van der Waals surface area (Å²) in [5.74, 6) is 1.21. The Morgan fingerprint density at radius 2 is 1.83 bits per heavy atom. The van der Waals surface area contributed by atoms with Gasteiger partial charge in [0, 0.05) is 23.1 Å². The number of methoxy groups -OCH3 is 2. The predicted octanol–water partition coefficient (Wildman–Crippen LogP) is 3.32. The van der Waals surface area contributed by atoms with Crippen LogP contribution in [-0.2, 0) is 17.6 Å². The maximum absolute atomic E-state index is 12.3. The van der Waals surface area contributed by atoms with E-state index in [9.17, 15) is 9.59 Å². The van der Waals surface area contributed by atoms with E-state index < -0.39 is 0 Å². The Bertz CT molecular complexity index is 1130. The van der Waals surface area contributed by atoms with E-state index in [1.54, 1.807) is 37.4 Å². The van der Waals surface area contributed by atoms with Crippen molar-refractivity contribution in [2.45, 2.75) is 19.3 Å². The van der Waals surface area contributed by atoms with Crippen molar-refractivity contribution in [3.05, 3.63) is 57.9 Å². The number of carbonyl (C=O) groups excluding carboxylic acids is 1. The van der Waals surface area contributed by atoms with Gasteiger partial charge in [0.15, 0.2) is 6.61 Å². The number of rotatable bonds is 6. The van der Waals surface area contributed by atoms with Crippen molar-refractivity contribution in [3.8, 4) is 17.2 Å². The molecule has 7 nitrogen and oxygen atoms in total. The van der Waals surface area contributed by atoms with E-state index in [-0.39, 0.29) is 18.1 Å². The molecule has 0 unspecified atom stereocenters. The summed E-state index contributed by atoms with van der Waals surface area (Å²) in [6.07, 6.45) is 2.60. The summed E-state index contributed by atoms with van der Waals surface area (Å²) >= 11 is 0. The van der Waals surface area contributed by atoms with E-state index in [0.717, 1.165) is 35.8 Å². The highest BCUT2D eigenvalue weighted by molar-refractivity contribution is 5.93. The average Bonchev–Trinajstić information content (AvgIpc) is 3.23. The fourth-order valence-corrected chi connectivity index (χ4v) is 3.60. The normalized spacial score (nSPS) is 12.5. The highest BCUT2D eigenvalue weighted by atomic mass is 16.5. The standard InChI is InChI=1S/C22H21NO6/c1-26-13-7-9-19(27-2)18(10-13)23-21(24)12-28-14-6-8-16-15-4-3-5-17(15)22(25)29-20(16)11-14/h6-11H,3-5,12H2,1-2H3,(H,23,24). The topological polar surface area (TPSA) is 87.0 Å². The Morgan fingerprint density at radius 3 is 2.62 bits per heavy atom. The molecule has 2 aromatic carbocycles. The van der Waals surface area contributed by atoms with Gasteiger partial charge in [-0.15, -0.1) is 0 Å². The lowest BCUT2D eigenvalue weighted by Gasteiger charge is -2.12. The minimum absolute atomic E-state index is 0.207. The Hall–Kier alpha value is -3.48. The minimum atomic E-state index is -0.355. The zero-order valence-corrected chi connectivity index (χ0v) is 16.2. The van der Waals surface area contributed by atoms with Crippen LogP contribution in [-0.4, -0.2) is 26.7 Å². The van der Waals surface area contributed by atoms with Crippen LogP contribution in [0.1, 0.15) is 17.5 Å². The Kier molecular flexibility index (Phi) is 5.12. The largest absolute Gasteiger partial charge is 0.497 e. The maximum Gasteiger partial charge on any atom is 0.339 e. The SMILES string of the molecule is COc1ccc(OC)c(NC(=O)COc2ccc3c4c(c(=O)oc3c2)CCC4)c1. The van der Waals surface area contributed by atoms with Crippen molar-refractivity contribution in [1.82, 2.24) is 0 Å². The number of benzene rings is 2. The monoisotopic (exact) mass is 395 g/mol. The molecule has 0 saturated heterocycles. The molecule has 1 amide bonds. The quantitative estimate of drug-likeness (QED) is 0.645. The van der Waals surface area contributed by atoms with E-state index >= 15 is 0 Å². The molecule has 150 valence electrons. The number of hydrogen-bond donors (Lipinski definition) is 1. The Balaban J connectivity index is 1.48.